The van der Waals surface area contributed by atoms with Crippen LogP contribution in [0.4, 0.5) is 17.3 Å². The molecule has 1 unspecified atom stereocenters. The lowest BCUT2D eigenvalue weighted by molar-refractivity contribution is 0.101. The number of nitrogens with zero attached hydrogens (tertiary/aromatic N) is 2. The third-order valence-electron chi connectivity index (χ3n) is 4.58. The monoisotopic (exact) mass is 410 g/mol. The van der Waals surface area contributed by atoms with Gasteiger partial charge in [-0.15, -0.1) is 0 Å². The van der Waals surface area contributed by atoms with Crippen LogP contribution in [0.1, 0.15) is 29.0 Å². The number of furan rings is 1. The first-order valence-corrected chi connectivity index (χ1v) is 10.2. The molecule has 0 saturated heterocycles. The zero-order valence-corrected chi connectivity index (χ0v) is 16.3. The Balaban J connectivity index is 1.51. The van der Waals surface area contributed by atoms with Crippen molar-refractivity contribution in [1.82, 2.24) is 0 Å². The number of ketones is 1. The smallest absolute Gasteiger partial charge is 0.261 e. The molecule has 1 aromatic heterocycles. The van der Waals surface area contributed by atoms with Gasteiger partial charge in [0.05, 0.1) is 16.7 Å². The largest absolute Gasteiger partial charge is 0.446 e. The van der Waals surface area contributed by atoms with Gasteiger partial charge in [0.1, 0.15) is 12.5 Å². The molecule has 1 aliphatic rings. The van der Waals surface area contributed by atoms with Crippen molar-refractivity contribution in [2.24, 2.45) is 10.7 Å². The van der Waals surface area contributed by atoms with Gasteiger partial charge in [-0.1, -0.05) is 12.1 Å². The first-order chi connectivity index (χ1) is 13.8. The van der Waals surface area contributed by atoms with Crippen LogP contribution < -0.4 is 15.4 Å². The van der Waals surface area contributed by atoms with E-state index in [4.69, 9.17) is 10.2 Å². The standard InChI is InChI=1S/C20H18N4O4S/c1-13(25)14-2-8-17(9-3-14)29(26,27)23-15-4-6-16(7-5-15)24-12-22-20-18(19(24)21)10-11-28-20/h2-12,19,23H,21H2,1H3. The van der Waals surface area contributed by atoms with E-state index in [-0.39, 0.29) is 10.7 Å². The van der Waals surface area contributed by atoms with Gasteiger partial charge in [0.15, 0.2) is 5.78 Å². The van der Waals surface area contributed by atoms with Gasteiger partial charge >= 0.3 is 0 Å². The van der Waals surface area contributed by atoms with Crippen LogP contribution >= 0.6 is 0 Å². The average Bonchev–Trinajstić information content (AvgIpc) is 3.19. The molecule has 3 aromatic rings. The summed E-state index contributed by atoms with van der Waals surface area (Å²) in [6.45, 7) is 1.43. The van der Waals surface area contributed by atoms with Crippen LogP contribution in [0.25, 0.3) is 0 Å². The van der Waals surface area contributed by atoms with Crippen LogP contribution in [0.2, 0.25) is 0 Å². The summed E-state index contributed by atoms with van der Waals surface area (Å²) >= 11 is 0. The fraction of sp³-hybridized carbons (Fsp3) is 0.100. The number of sulfonamides is 1. The number of nitrogens with one attached hydrogen (secondary N) is 1. The molecule has 4 rings (SSSR count). The predicted molar refractivity (Wildman–Crippen MR) is 110 cm³/mol. The summed E-state index contributed by atoms with van der Waals surface area (Å²) in [5.41, 5.74) is 8.63. The maximum absolute atomic E-state index is 12.6. The molecular weight excluding hydrogens is 392 g/mol. The van der Waals surface area contributed by atoms with Crippen molar-refractivity contribution >= 4 is 39.4 Å². The third-order valence-corrected chi connectivity index (χ3v) is 5.98. The van der Waals surface area contributed by atoms with E-state index in [9.17, 15) is 13.2 Å². The van der Waals surface area contributed by atoms with Gasteiger partial charge in [-0.05, 0) is 49.4 Å². The summed E-state index contributed by atoms with van der Waals surface area (Å²) in [5.74, 6) is 0.355. The second-order valence-corrected chi connectivity index (χ2v) is 8.19. The van der Waals surface area contributed by atoms with Crippen LogP contribution in [-0.4, -0.2) is 20.5 Å². The highest BCUT2D eigenvalue weighted by atomic mass is 32.2. The molecule has 9 heteroatoms. The molecule has 0 radical (unpaired) electrons. The van der Waals surface area contributed by atoms with Gasteiger partial charge < -0.3 is 15.1 Å². The Morgan fingerprint density at radius 3 is 2.45 bits per heavy atom. The maximum Gasteiger partial charge on any atom is 0.261 e. The summed E-state index contributed by atoms with van der Waals surface area (Å²) in [4.78, 5) is 17.4. The first kappa shape index (κ1) is 18.9. The lowest BCUT2D eigenvalue weighted by atomic mass is 10.2. The van der Waals surface area contributed by atoms with Gasteiger partial charge in [-0.25, -0.2) is 13.4 Å². The summed E-state index contributed by atoms with van der Waals surface area (Å²) < 4.78 is 32.9. The number of rotatable bonds is 5. The molecule has 8 nitrogen and oxygen atoms in total. The van der Waals surface area contributed by atoms with Crippen molar-refractivity contribution in [2.45, 2.75) is 18.0 Å². The summed E-state index contributed by atoms with van der Waals surface area (Å²) in [7, 11) is -3.78. The molecule has 2 aromatic carbocycles. The minimum absolute atomic E-state index is 0.0734. The zero-order chi connectivity index (χ0) is 20.6. The lowest BCUT2D eigenvalue weighted by Gasteiger charge is -2.29. The van der Waals surface area contributed by atoms with E-state index >= 15 is 0 Å². The SMILES string of the molecule is CC(=O)c1ccc(S(=O)(=O)Nc2ccc(N3C=Nc4occc4C3N)cc2)cc1. The molecular formula is C20H18N4O4S. The summed E-state index contributed by atoms with van der Waals surface area (Å²) in [6.07, 6.45) is 2.65. The van der Waals surface area contributed by atoms with Crippen LogP contribution in [0, 0.1) is 0 Å². The Kier molecular flexibility index (Phi) is 4.69. The fourth-order valence-corrected chi connectivity index (χ4v) is 4.05. The lowest BCUT2D eigenvalue weighted by Crippen LogP contribution is -2.35. The van der Waals surface area contributed by atoms with Crippen molar-refractivity contribution in [2.75, 3.05) is 9.62 Å². The van der Waals surface area contributed by atoms with Crippen molar-refractivity contribution < 1.29 is 17.6 Å². The molecule has 1 atom stereocenters. The predicted octanol–water partition coefficient (Wildman–Crippen LogP) is 3.42. The fourth-order valence-electron chi connectivity index (χ4n) is 2.99. The van der Waals surface area contributed by atoms with E-state index in [2.05, 4.69) is 9.71 Å². The van der Waals surface area contributed by atoms with E-state index in [1.165, 1.54) is 37.5 Å². The Labute approximate surface area is 167 Å². The number of hydrogen-bond acceptors (Lipinski definition) is 7. The number of aliphatic imine (C=N–C) groups is 1. The molecule has 2 heterocycles. The number of carbonyl (C=O) groups excluding carboxylic acids is 1. The highest BCUT2D eigenvalue weighted by Gasteiger charge is 2.24. The number of fused-ring (bicyclic) bond motifs is 1. The second kappa shape index (κ2) is 7.19. The number of benzene rings is 2. The Morgan fingerprint density at radius 2 is 1.79 bits per heavy atom. The third kappa shape index (κ3) is 3.65. The van der Waals surface area contributed by atoms with Crippen LogP contribution in [0.15, 0.2) is 75.2 Å². The van der Waals surface area contributed by atoms with Gasteiger partial charge in [0.2, 0.25) is 5.88 Å². The van der Waals surface area contributed by atoms with Crippen LogP contribution in [0.5, 0.6) is 0 Å². The van der Waals surface area contributed by atoms with Gasteiger partial charge in [0, 0.05) is 16.9 Å². The van der Waals surface area contributed by atoms with Gasteiger partial charge in [-0.3, -0.25) is 9.52 Å². The second-order valence-electron chi connectivity index (χ2n) is 6.51. The van der Waals surface area contributed by atoms with Crippen molar-refractivity contribution in [1.29, 1.82) is 0 Å². The molecule has 3 N–H and O–H groups in total. The average molecular weight is 410 g/mol. The van der Waals surface area contributed by atoms with Crippen molar-refractivity contribution in [3.05, 3.63) is 72.0 Å². The number of anilines is 2. The molecule has 1 aliphatic heterocycles. The zero-order valence-electron chi connectivity index (χ0n) is 15.4. The normalized spacial score (nSPS) is 15.8. The molecule has 0 spiro atoms. The number of carbonyl (C=O) groups is 1. The Morgan fingerprint density at radius 1 is 1.10 bits per heavy atom. The van der Waals surface area contributed by atoms with Gasteiger partial charge in [0.25, 0.3) is 10.0 Å². The quantitative estimate of drug-likeness (QED) is 0.622. The number of hydrogen-bond donors (Lipinski definition) is 2. The molecule has 148 valence electrons. The Bertz CT molecular complexity index is 1180. The van der Waals surface area contributed by atoms with E-state index in [1.807, 2.05) is 0 Å². The topological polar surface area (TPSA) is 118 Å². The Hall–Kier alpha value is -3.43. The summed E-state index contributed by atoms with van der Waals surface area (Å²) in [5, 5.41) is 0. The number of nitrogens with two attached hydrogens (primary N) is 1. The van der Waals surface area contributed by atoms with E-state index in [0.717, 1.165) is 11.3 Å². The molecule has 0 amide bonds. The van der Waals surface area contributed by atoms with E-state index in [0.29, 0.717) is 17.1 Å². The van der Waals surface area contributed by atoms with Crippen molar-refractivity contribution in [3.8, 4) is 0 Å². The minimum atomic E-state index is -3.78. The first-order valence-electron chi connectivity index (χ1n) is 8.74. The van der Waals surface area contributed by atoms with E-state index < -0.39 is 16.2 Å². The van der Waals surface area contributed by atoms with Crippen LogP contribution in [-0.2, 0) is 10.0 Å². The van der Waals surface area contributed by atoms with Gasteiger partial charge in [-0.2, -0.15) is 0 Å². The molecule has 0 bridgehead atoms. The molecule has 29 heavy (non-hydrogen) atoms. The highest BCUT2D eigenvalue weighted by Crippen LogP contribution is 2.34. The van der Waals surface area contributed by atoms with Crippen LogP contribution in [0.3, 0.4) is 0 Å². The highest BCUT2D eigenvalue weighted by molar-refractivity contribution is 7.92. The minimum Gasteiger partial charge on any atom is -0.446 e. The van der Waals surface area contributed by atoms with Crippen molar-refractivity contribution in [3.63, 3.8) is 0 Å². The summed E-state index contributed by atoms with van der Waals surface area (Å²) in [6, 6.07) is 14.3. The van der Waals surface area contributed by atoms with E-state index in [1.54, 1.807) is 41.6 Å². The maximum atomic E-state index is 12.6. The molecule has 0 fully saturated rings. The molecule has 0 saturated carbocycles. The number of Topliss-reactive ketones (excluding diaryl/α,β-unsaturated/α-hetero) is 1. The molecule has 0 aliphatic carbocycles.